The Morgan fingerprint density at radius 1 is 0.333 bits per heavy atom. The molecule has 0 aromatic heterocycles. The van der Waals surface area contributed by atoms with Gasteiger partial charge in [0.25, 0.3) is 0 Å². The first-order valence-electron chi connectivity index (χ1n) is 0. The van der Waals surface area contributed by atoms with Gasteiger partial charge in [0, 0.05) is 1.43 Å². The zero-order chi connectivity index (χ0) is 0. The molecule has 0 aromatic rings. The molecule has 6 heavy (non-hydrogen) atoms. The van der Waals surface area contributed by atoms with Crippen LogP contribution < -0.4 is 0 Å². The monoisotopic (exact) mass is 99.2 g/mol. The summed E-state index contributed by atoms with van der Waals surface area (Å²) in [5.41, 5.74) is 0. The third-order valence-electron chi connectivity index (χ3n) is 0. The van der Waals surface area contributed by atoms with Crippen molar-refractivity contribution in [2.75, 3.05) is 0 Å². The summed E-state index contributed by atoms with van der Waals surface area (Å²) in [5.74, 6) is 0. The minimum absolute atomic E-state index is 0. The average Bonchev–Trinajstić information content (AvgIpc) is 0. The standard InChI is InChI=1S/6CH4.H2/h6*1H4;1H/i;;;;;;1+1. The lowest BCUT2D eigenvalue weighted by molar-refractivity contribution is 2.50. The topological polar surface area (TPSA) is 0 Å². The molecule has 0 bridgehead atoms. The quantitative estimate of drug-likeness (QED) is 0.429. The molecule has 0 aliphatic carbocycles. The maximum atomic E-state index is 0. The minimum atomic E-state index is 0. The van der Waals surface area contributed by atoms with Crippen LogP contribution in [0.5, 0.6) is 0 Å². The summed E-state index contributed by atoms with van der Waals surface area (Å²) in [4.78, 5) is 0. The Hall–Kier alpha value is 0. The van der Waals surface area contributed by atoms with Crippen molar-refractivity contribution in [1.29, 1.82) is 0 Å². The van der Waals surface area contributed by atoms with E-state index in [4.69, 9.17) is 0 Å². The van der Waals surface area contributed by atoms with Crippen LogP contribution in [0.3, 0.4) is 0 Å². The fourth-order valence-electron chi connectivity index (χ4n) is 0. The van der Waals surface area contributed by atoms with Crippen molar-refractivity contribution >= 4 is 0 Å². The van der Waals surface area contributed by atoms with Gasteiger partial charge in [0.2, 0.25) is 0 Å². The second-order valence-electron chi connectivity index (χ2n) is 0. The molecule has 0 saturated carbocycles. The molecule has 0 aliphatic heterocycles. The molecule has 0 radical (unpaired) electrons. The SMILES string of the molecule is C.C.C.C.C.C.[2HH]. The molecule has 0 fully saturated rings. The second-order valence-corrected chi connectivity index (χ2v) is 0. The average molecular weight is 99.3 g/mol. The van der Waals surface area contributed by atoms with E-state index in [0.717, 1.165) is 0 Å². The Balaban J connectivity index is 0. The van der Waals surface area contributed by atoms with Gasteiger partial charge in [0.05, 0.1) is 0 Å². The van der Waals surface area contributed by atoms with Crippen LogP contribution in [0.1, 0.15) is 46.0 Å². The van der Waals surface area contributed by atoms with E-state index in [9.17, 15) is 0 Å². The highest BCUT2D eigenvalue weighted by atomic mass is 12.0. The van der Waals surface area contributed by atoms with Gasteiger partial charge in [0.15, 0.2) is 0 Å². The molecule has 0 spiro atoms. The Bertz CT molecular complexity index is 4.14. The van der Waals surface area contributed by atoms with E-state index in [1.54, 1.807) is 0 Å². The zero-order valence-electron chi connectivity index (χ0n) is 0. The molecule has 50 valence electrons. The highest BCUT2D eigenvalue weighted by Crippen LogP contribution is 0.149. The number of hydrogen-bond donors (Lipinski definition) is 0. The third kappa shape index (κ3) is 0. The van der Waals surface area contributed by atoms with E-state index >= 15 is 0 Å². The summed E-state index contributed by atoms with van der Waals surface area (Å²) >= 11 is 0. The normalized spacial score (nSPS) is 0. The van der Waals surface area contributed by atoms with Crippen molar-refractivity contribution in [3.63, 3.8) is 0 Å². The fourth-order valence-corrected chi connectivity index (χ4v) is 0. The summed E-state index contributed by atoms with van der Waals surface area (Å²) in [6, 6.07) is 0. The smallest absolute Gasteiger partial charge is 0 e. The van der Waals surface area contributed by atoms with Crippen LogP contribution >= 0.6 is 0 Å². The summed E-state index contributed by atoms with van der Waals surface area (Å²) < 4.78 is 0. The first-order valence-corrected chi connectivity index (χ1v) is 0. The van der Waals surface area contributed by atoms with Crippen molar-refractivity contribution in [3.8, 4) is 0 Å². The first-order chi connectivity index (χ1) is 0. The molecule has 0 atom stereocenters. The van der Waals surface area contributed by atoms with E-state index in [2.05, 4.69) is 0 Å². The van der Waals surface area contributed by atoms with Gasteiger partial charge in [-0.15, -0.1) is 0 Å². The fraction of sp³-hybridized carbons (Fsp3) is 1.00. The predicted octanol–water partition coefficient (Wildman–Crippen LogP) is 4.06. The van der Waals surface area contributed by atoms with Gasteiger partial charge in [0.1, 0.15) is 0 Å². The highest BCUT2D eigenvalue weighted by molar-refractivity contribution is 2.51. The van der Waals surface area contributed by atoms with Crippen LogP contribution in [0.2, 0.25) is 0 Å². The van der Waals surface area contributed by atoms with Crippen molar-refractivity contribution in [1.82, 2.24) is 0 Å². The minimum Gasteiger partial charge on any atom is -0.0776 e. The summed E-state index contributed by atoms with van der Waals surface area (Å²) in [5, 5.41) is 0. The Morgan fingerprint density at radius 3 is 0.333 bits per heavy atom. The van der Waals surface area contributed by atoms with Crippen LogP contribution in [0.4, 0.5) is 0 Å². The van der Waals surface area contributed by atoms with Gasteiger partial charge in [-0.3, -0.25) is 0 Å². The van der Waals surface area contributed by atoms with E-state index in [1.807, 2.05) is 0 Å². The van der Waals surface area contributed by atoms with Gasteiger partial charge >= 0.3 is 0 Å². The first kappa shape index (κ1) is 0. The summed E-state index contributed by atoms with van der Waals surface area (Å²) in [6.07, 6.45) is 0. The molecule has 0 aromatic carbocycles. The lowest BCUT2D eigenvalue weighted by Gasteiger charge is -0.0786. The van der Waals surface area contributed by atoms with Crippen molar-refractivity contribution in [3.05, 3.63) is 0 Å². The van der Waals surface area contributed by atoms with Gasteiger partial charge < -0.3 is 0 Å². The predicted molar refractivity (Wildman–Crippen MR) is 42.5 cm³/mol. The molecule has 0 heteroatoms. The Kier molecular flexibility index (Phi) is 0. The molecular formula is C6H26. The van der Waals surface area contributed by atoms with E-state index < -0.39 is 0 Å². The van der Waals surface area contributed by atoms with Gasteiger partial charge in [-0.1, -0.05) is 44.6 Å². The van der Waals surface area contributed by atoms with E-state index in [0.29, 0.717) is 0 Å². The van der Waals surface area contributed by atoms with Crippen molar-refractivity contribution in [2.45, 2.75) is 44.6 Å². The molecule has 0 aliphatic rings. The number of rotatable bonds is 0. The highest BCUT2D eigenvalue weighted by Gasteiger charge is -0.0726. The lowest BCUT2D eigenvalue weighted by atomic mass is 12.0. The van der Waals surface area contributed by atoms with Crippen LogP contribution in [0.25, 0.3) is 0 Å². The Morgan fingerprint density at radius 2 is 0.333 bits per heavy atom. The zero-order valence-corrected chi connectivity index (χ0v) is 0. The van der Waals surface area contributed by atoms with Crippen molar-refractivity contribution < 1.29 is 1.43 Å². The van der Waals surface area contributed by atoms with Gasteiger partial charge in [-0.05, 0) is 0 Å². The van der Waals surface area contributed by atoms with E-state index in [-0.39, 0.29) is 46.0 Å². The molecular weight excluding hydrogens is 72.1 g/mol. The largest absolute Gasteiger partial charge is 0.0776 e. The summed E-state index contributed by atoms with van der Waals surface area (Å²) in [7, 11) is 0. The summed E-state index contributed by atoms with van der Waals surface area (Å²) in [6.45, 7) is 0. The lowest BCUT2D eigenvalue weighted by Crippen LogP contribution is 0.143. The molecule has 0 rings (SSSR count). The molecule has 0 amide bonds. The van der Waals surface area contributed by atoms with Crippen LogP contribution in [-0.2, 0) is 0 Å². The molecule has 0 heterocycles. The van der Waals surface area contributed by atoms with Gasteiger partial charge in [-0.25, -0.2) is 0 Å². The third-order valence-corrected chi connectivity index (χ3v) is 0. The molecule has 0 nitrogen and oxygen atoms in total. The van der Waals surface area contributed by atoms with Crippen molar-refractivity contribution in [2.24, 2.45) is 0 Å². The maximum Gasteiger partial charge on any atom is 0 e. The van der Waals surface area contributed by atoms with Crippen LogP contribution in [0.15, 0.2) is 0 Å². The molecule has 0 saturated heterocycles. The maximum absolute atomic E-state index is 0. The molecule has 0 N–H and O–H groups in total. The van der Waals surface area contributed by atoms with Crippen LogP contribution in [-0.4, -0.2) is 0 Å². The van der Waals surface area contributed by atoms with Crippen LogP contribution in [0, 0.1) is 0 Å². The van der Waals surface area contributed by atoms with Gasteiger partial charge in [-0.2, -0.15) is 0 Å². The second kappa shape index (κ2) is 0. The Labute approximate surface area is 47.1 Å². The van der Waals surface area contributed by atoms with E-state index in [1.165, 1.54) is 0 Å². The number of hydrogen-bond acceptors (Lipinski definition) is 0. The molecule has 0 unspecified atom stereocenters.